The van der Waals surface area contributed by atoms with Crippen LogP contribution in [0, 0.1) is 0 Å². The molecule has 0 saturated heterocycles. The molecule has 1 heterocycles. The quantitative estimate of drug-likeness (QED) is 0.806. The third-order valence-corrected chi connectivity index (χ3v) is 3.01. The lowest BCUT2D eigenvalue weighted by atomic mass is 10.0. The number of rotatable bonds is 2. The molecule has 2 rings (SSSR count). The summed E-state index contributed by atoms with van der Waals surface area (Å²) in [5.74, 6) is 1.15. The second-order valence-corrected chi connectivity index (χ2v) is 4.43. The third-order valence-electron chi connectivity index (χ3n) is 3.01. The number of aryl methyl sites for hydroxylation is 1. The van der Waals surface area contributed by atoms with Gasteiger partial charge in [0.1, 0.15) is 0 Å². The van der Waals surface area contributed by atoms with Crippen molar-refractivity contribution in [3.8, 4) is 5.88 Å². The Balaban J connectivity index is 2.53. The van der Waals surface area contributed by atoms with Gasteiger partial charge in [0.05, 0.1) is 7.11 Å². The highest BCUT2D eigenvalue weighted by molar-refractivity contribution is 5.43. The smallest absolute Gasteiger partial charge is 0.218 e. The average molecular weight is 206 g/mol. The van der Waals surface area contributed by atoms with Crippen LogP contribution >= 0.6 is 0 Å². The molecule has 0 amide bonds. The van der Waals surface area contributed by atoms with Gasteiger partial charge in [-0.1, -0.05) is 13.8 Å². The fourth-order valence-corrected chi connectivity index (χ4v) is 2.11. The highest BCUT2D eigenvalue weighted by atomic mass is 16.5. The molecule has 0 fully saturated rings. The van der Waals surface area contributed by atoms with Crippen molar-refractivity contribution in [2.75, 3.05) is 7.11 Å². The van der Waals surface area contributed by atoms with Crippen LogP contribution in [0.5, 0.6) is 5.88 Å². The Kier molecular flexibility index (Phi) is 2.65. The molecule has 0 spiro atoms. The lowest BCUT2D eigenvalue weighted by Crippen LogP contribution is -2.09. The Morgan fingerprint density at radius 3 is 2.87 bits per heavy atom. The fourth-order valence-electron chi connectivity index (χ4n) is 2.11. The summed E-state index contributed by atoms with van der Waals surface area (Å²) in [5.41, 5.74) is 9.56. The largest absolute Gasteiger partial charge is 0.481 e. The van der Waals surface area contributed by atoms with E-state index < -0.39 is 0 Å². The van der Waals surface area contributed by atoms with Gasteiger partial charge in [-0.25, -0.2) is 4.98 Å². The maximum atomic E-state index is 6.03. The van der Waals surface area contributed by atoms with E-state index in [4.69, 9.17) is 10.5 Å². The molecule has 1 aliphatic rings. The monoisotopic (exact) mass is 206 g/mol. The van der Waals surface area contributed by atoms with Crippen molar-refractivity contribution in [1.29, 1.82) is 0 Å². The lowest BCUT2D eigenvalue weighted by molar-refractivity contribution is 0.387. The highest BCUT2D eigenvalue weighted by Gasteiger charge is 2.25. The van der Waals surface area contributed by atoms with Crippen molar-refractivity contribution >= 4 is 0 Å². The number of aromatic nitrogens is 1. The van der Waals surface area contributed by atoms with Gasteiger partial charge in [-0.2, -0.15) is 0 Å². The van der Waals surface area contributed by atoms with E-state index in [-0.39, 0.29) is 6.04 Å². The van der Waals surface area contributed by atoms with Gasteiger partial charge in [0.2, 0.25) is 5.88 Å². The number of pyridine rings is 1. The predicted octanol–water partition coefficient (Wildman–Crippen LogP) is 2.16. The van der Waals surface area contributed by atoms with Gasteiger partial charge in [0, 0.05) is 17.3 Å². The maximum absolute atomic E-state index is 6.03. The van der Waals surface area contributed by atoms with E-state index in [9.17, 15) is 0 Å². The number of nitrogens with zero attached hydrogens (tertiary/aromatic N) is 1. The molecule has 3 heteroatoms. The minimum atomic E-state index is 0.101. The molecule has 1 atom stereocenters. The van der Waals surface area contributed by atoms with Crippen LogP contribution in [-0.4, -0.2) is 12.1 Å². The van der Waals surface area contributed by atoms with Crippen LogP contribution < -0.4 is 10.5 Å². The Morgan fingerprint density at radius 1 is 1.53 bits per heavy atom. The fraction of sp³-hybridized carbons (Fsp3) is 0.583. The molecule has 1 aromatic heterocycles. The summed E-state index contributed by atoms with van der Waals surface area (Å²) in [6.07, 6.45) is 2.06. The first kappa shape index (κ1) is 10.4. The van der Waals surface area contributed by atoms with Gasteiger partial charge in [0.15, 0.2) is 0 Å². The van der Waals surface area contributed by atoms with Crippen molar-refractivity contribution in [1.82, 2.24) is 4.98 Å². The normalized spacial score (nSPS) is 19.4. The molecular formula is C12H18N2O. The van der Waals surface area contributed by atoms with Crippen molar-refractivity contribution in [2.45, 2.75) is 38.6 Å². The molecule has 0 saturated carbocycles. The van der Waals surface area contributed by atoms with Crippen molar-refractivity contribution in [2.24, 2.45) is 5.73 Å². The Bertz CT molecular complexity index is 374. The zero-order valence-electron chi connectivity index (χ0n) is 9.58. The summed E-state index contributed by atoms with van der Waals surface area (Å²) in [6, 6.07) is 2.28. The zero-order chi connectivity index (χ0) is 11.0. The van der Waals surface area contributed by atoms with Crippen LogP contribution in [0.1, 0.15) is 49.0 Å². The summed E-state index contributed by atoms with van der Waals surface area (Å²) in [7, 11) is 1.66. The number of ether oxygens (including phenoxy) is 1. The molecule has 2 N–H and O–H groups in total. The van der Waals surface area contributed by atoms with Gasteiger partial charge in [-0.15, -0.1) is 0 Å². The second kappa shape index (κ2) is 3.81. The van der Waals surface area contributed by atoms with E-state index in [0.29, 0.717) is 5.92 Å². The molecule has 0 aliphatic heterocycles. The molecule has 0 radical (unpaired) electrons. The van der Waals surface area contributed by atoms with Crippen LogP contribution in [0.2, 0.25) is 0 Å². The van der Waals surface area contributed by atoms with Crippen molar-refractivity contribution in [3.05, 3.63) is 22.9 Å². The molecule has 0 bridgehead atoms. The summed E-state index contributed by atoms with van der Waals surface area (Å²) >= 11 is 0. The Hall–Kier alpha value is -1.09. The van der Waals surface area contributed by atoms with Crippen LogP contribution in [0.15, 0.2) is 6.07 Å². The lowest BCUT2D eigenvalue weighted by Gasteiger charge is -2.13. The Morgan fingerprint density at radius 2 is 2.27 bits per heavy atom. The second-order valence-electron chi connectivity index (χ2n) is 4.43. The molecule has 0 aromatic carbocycles. The van der Waals surface area contributed by atoms with Crippen LogP contribution in [0.4, 0.5) is 0 Å². The molecule has 82 valence electrons. The van der Waals surface area contributed by atoms with Gasteiger partial charge in [-0.3, -0.25) is 0 Å². The molecule has 1 unspecified atom stereocenters. The van der Waals surface area contributed by atoms with E-state index in [0.717, 1.165) is 30.0 Å². The predicted molar refractivity (Wildman–Crippen MR) is 60.1 cm³/mol. The first-order valence-corrected chi connectivity index (χ1v) is 5.46. The van der Waals surface area contributed by atoms with Crippen molar-refractivity contribution < 1.29 is 4.74 Å². The standard InChI is InChI=1S/C12H18N2O/c1-7(2)10-6-8-4-5-9(13)11(8)12(14-10)15-3/h6-7,9H,4-5,13H2,1-3H3. The summed E-state index contributed by atoms with van der Waals surface area (Å²) in [6.45, 7) is 4.28. The molecule has 1 aliphatic carbocycles. The number of hydrogen-bond acceptors (Lipinski definition) is 3. The van der Waals surface area contributed by atoms with Crippen LogP contribution in [-0.2, 0) is 6.42 Å². The number of methoxy groups -OCH3 is 1. The third kappa shape index (κ3) is 1.72. The van der Waals surface area contributed by atoms with Crippen LogP contribution in [0.25, 0.3) is 0 Å². The van der Waals surface area contributed by atoms with E-state index >= 15 is 0 Å². The first-order valence-electron chi connectivity index (χ1n) is 5.46. The van der Waals surface area contributed by atoms with E-state index in [1.165, 1.54) is 5.56 Å². The molecule has 3 nitrogen and oxygen atoms in total. The van der Waals surface area contributed by atoms with Crippen LogP contribution in [0.3, 0.4) is 0 Å². The number of fused-ring (bicyclic) bond motifs is 1. The van der Waals surface area contributed by atoms with Gasteiger partial charge >= 0.3 is 0 Å². The summed E-state index contributed by atoms with van der Waals surface area (Å²) in [4.78, 5) is 4.51. The molecular weight excluding hydrogens is 188 g/mol. The molecule has 15 heavy (non-hydrogen) atoms. The summed E-state index contributed by atoms with van der Waals surface area (Å²) < 4.78 is 5.33. The maximum Gasteiger partial charge on any atom is 0.218 e. The van der Waals surface area contributed by atoms with E-state index in [1.54, 1.807) is 7.11 Å². The van der Waals surface area contributed by atoms with Crippen molar-refractivity contribution in [3.63, 3.8) is 0 Å². The topological polar surface area (TPSA) is 48.1 Å². The van der Waals surface area contributed by atoms with Gasteiger partial charge in [-0.05, 0) is 30.4 Å². The SMILES string of the molecule is COc1nc(C(C)C)cc2c1C(N)CC2. The summed E-state index contributed by atoms with van der Waals surface area (Å²) in [5, 5.41) is 0. The zero-order valence-corrected chi connectivity index (χ0v) is 9.58. The number of hydrogen-bond donors (Lipinski definition) is 1. The van der Waals surface area contributed by atoms with E-state index in [2.05, 4.69) is 24.9 Å². The van der Waals surface area contributed by atoms with E-state index in [1.807, 2.05) is 0 Å². The number of nitrogens with two attached hydrogens (primary N) is 1. The van der Waals surface area contributed by atoms with Gasteiger partial charge < -0.3 is 10.5 Å². The first-order chi connectivity index (χ1) is 7.13. The molecule has 1 aromatic rings. The minimum absolute atomic E-state index is 0.101. The average Bonchev–Trinajstić information content (AvgIpc) is 2.59. The van der Waals surface area contributed by atoms with Gasteiger partial charge in [0.25, 0.3) is 0 Å². The highest BCUT2D eigenvalue weighted by Crippen LogP contribution is 2.36. The Labute approximate surface area is 90.7 Å². The minimum Gasteiger partial charge on any atom is -0.481 e.